The van der Waals surface area contributed by atoms with E-state index in [0.717, 1.165) is 5.56 Å². The molecule has 0 aromatic heterocycles. The van der Waals surface area contributed by atoms with Gasteiger partial charge in [-0.15, -0.1) is 0 Å². The Balaban J connectivity index is 1.90. The maximum absolute atomic E-state index is 13.3. The van der Waals surface area contributed by atoms with Crippen molar-refractivity contribution in [1.29, 1.82) is 0 Å². The summed E-state index contributed by atoms with van der Waals surface area (Å²) in [5.74, 6) is 1.11. The standard InChI is InChI=1S/C12H16FNS/c1-9-12(6-7-15-9)14-8-10-4-2-3-5-11(10)13/h2-5,9,12,14H,6-8H2,1H3. The van der Waals surface area contributed by atoms with Gasteiger partial charge < -0.3 is 5.32 Å². The van der Waals surface area contributed by atoms with E-state index in [2.05, 4.69) is 12.2 Å². The van der Waals surface area contributed by atoms with E-state index in [-0.39, 0.29) is 5.82 Å². The molecule has 0 spiro atoms. The zero-order valence-corrected chi connectivity index (χ0v) is 9.69. The smallest absolute Gasteiger partial charge is 0.127 e. The van der Waals surface area contributed by atoms with Crippen LogP contribution in [0.25, 0.3) is 0 Å². The summed E-state index contributed by atoms with van der Waals surface area (Å²) in [7, 11) is 0. The van der Waals surface area contributed by atoms with Crippen molar-refractivity contribution in [2.75, 3.05) is 5.75 Å². The summed E-state index contributed by atoms with van der Waals surface area (Å²) in [5, 5.41) is 4.08. The lowest BCUT2D eigenvalue weighted by Crippen LogP contribution is -2.33. The van der Waals surface area contributed by atoms with Crippen LogP contribution >= 0.6 is 11.8 Å². The molecule has 1 aliphatic heterocycles. The Labute approximate surface area is 94.5 Å². The Morgan fingerprint density at radius 3 is 2.93 bits per heavy atom. The SMILES string of the molecule is CC1SCCC1NCc1ccccc1F. The van der Waals surface area contributed by atoms with Crippen LogP contribution in [0.3, 0.4) is 0 Å². The van der Waals surface area contributed by atoms with Crippen molar-refractivity contribution in [2.24, 2.45) is 0 Å². The van der Waals surface area contributed by atoms with Crippen LogP contribution in [0.15, 0.2) is 24.3 Å². The minimum absolute atomic E-state index is 0.108. The second-order valence-corrected chi connectivity index (χ2v) is 5.43. The lowest BCUT2D eigenvalue weighted by Gasteiger charge is -2.16. The van der Waals surface area contributed by atoms with Gasteiger partial charge in [0.15, 0.2) is 0 Å². The van der Waals surface area contributed by atoms with Gasteiger partial charge in [-0.25, -0.2) is 4.39 Å². The highest BCUT2D eigenvalue weighted by molar-refractivity contribution is 8.00. The van der Waals surface area contributed by atoms with Gasteiger partial charge in [0.05, 0.1) is 0 Å². The van der Waals surface area contributed by atoms with Gasteiger partial charge in [-0.2, -0.15) is 11.8 Å². The second-order valence-electron chi connectivity index (χ2n) is 3.94. The fourth-order valence-electron chi connectivity index (χ4n) is 1.88. The van der Waals surface area contributed by atoms with Crippen LogP contribution in [0.5, 0.6) is 0 Å². The Morgan fingerprint density at radius 2 is 2.27 bits per heavy atom. The van der Waals surface area contributed by atoms with E-state index in [1.165, 1.54) is 18.2 Å². The van der Waals surface area contributed by atoms with E-state index in [1.54, 1.807) is 6.07 Å². The highest BCUT2D eigenvalue weighted by Crippen LogP contribution is 2.26. The topological polar surface area (TPSA) is 12.0 Å². The van der Waals surface area contributed by atoms with Gasteiger partial charge in [-0.3, -0.25) is 0 Å². The number of hydrogen-bond donors (Lipinski definition) is 1. The zero-order chi connectivity index (χ0) is 10.7. The number of nitrogens with one attached hydrogen (secondary N) is 1. The minimum atomic E-state index is -0.108. The third kappa shape index (κ3) is 2.73. The summed E-state index contributed by atoms with van der Waals surface area (Å²) >= 11 is 1.99. The first kappa shape index (κ1) is 11.0. The molecule has 15 heavy (non-hydrogen) atoms. The number of benzene rings is 1. The molecule has 1 fully saturated rings. The Kier molecular flexibility index (Phi) is 3.65. The van der Waals surface area contributed by atoms with Crippen LogP contribution in [0.4, 0.5) is 4.39 Å². The number of rotatable bonds is 3. The van der Waals surface area contributed by atoms with Crippen molar-refractivity contribution >= 4 is 11.8 Å². The minimum Gasteiger partial charge on any atom is -0.309 e. The van der Waals surface area contributed by atoms with Gasteiger partial charge in [0.1, 0.15) is 5.82 Å². The van der Waals surface area contributed by atoms with E-state index in [1.807, 2.05) is 23.9 Å². The predicted molar refractivity (Wildman–Crippen MR) is 63.6 cm³/mol. The van der Waals surface area contributed by atoms with Gasteiger partial charge in [0, 0.05) is 23.4 Å². The van der Waals surface area contributed by atoms with Gasteiger partial charge in [-0.05, 0) is 18.2 Å². The van der Waals surface area contributed by atoms with Gasteiger partial charge >= 0.3 is 0 Å². The monoisotopic (exact) mass is 225 g/mol. The molecule has 1 aromatic rings. The lowest BCUT2D eigenvalue weighted by atomic mass is 10.1. The molecule has 1 aliphatic rings. The van der Waals surface area contributed by atoms with Crippen LogP contribution < -0.4 is 5.32 Å². The largest absolute Gasteiger partial charge is 0.309 e. The van der Waals surface area contributed by atoms with E-state index < -0.39 is 0 Å². The van der Waals surface area contributed by atoms with Gasteiger partial charge in [0.25, 0.3) is 0 Å². The van der Waals surface area contributed by atoms with Crippen LogP contribution in [-0.2, 0) is 6.54 Å². The third-order valence-corrected chi connectivity index (χ3v) is 4.21. The molecule has 0 saturated carbocycles. The fourth-order valence-corrected chi connectivity index (χ4v) is 3.11. The first-order valence-corrected chi connectivity index (χ1v) is 6.40. The summed E-state index contributed by atoms with van der Waals surface area (Å²) in [6.45, 7) is 2.87. The summed E-state index contributed by atoms with van der Waals surface area (Å²) < 4.78 is 13.3. The summed E-state index contributed by atoms with van der Waals surface area (Å²) in [5.41, 5.74) is 0.765. The Morgan fingerprint density at radius 1 is 1.47 bits per heavy atom. The summed E-state index contributed by atoms with van der Waals surface area (Å²) in [4.78, 5) is 0. The fraction of sp³-hybridized carbons (Fsp3) is 0.500. The molecular formula is C12H16FNS. The Bertz CT molecular complexity index is 329. The lowest BCUT2D eigenvalue weighted by molar-refractivity contribution is 0.499. The van der Waals surface area contributed by atoms with Crippen molar-refractivity contribution in [1.82, 2.24) is 5.32 Å². The molecular weight excluding hydrogens is 209 g/mol. The molecule has 0 amide bonds. The average molecular weight is 225 g/mol. The van der Waals surface area contributed by atoms with Gasteiger partial charge in [0.2, 0.25) is 0 Å². The van der Waals surface area contributed by atoms with Crippen LogP contribution in [0, 0.1) is 5.82 Å². The molecule has 1 nitrogen and oxygen atoms in total. The van der Waals surface area contributed by atoms with E-state index in [4.69, 9.17) is 0 Å². The predicted octanol–water partition coefficient (Wildman–Crippen LogP) is 2.81. The Hall–Kier alpha value is -0.540. The molecule has 2 unspecified atom stereocenters. The highest BCUT2D eigenvalue weighted by Gasteiger charge is 2.23. The molecule has 1 heterocycles. The summed E-state index contributed by atoms with van der Waals surface area (Å²) in [6.07, 6.45) is 1.19. The molecule has 1 saturated heterocycles. The zero-order valence-electron chi connectivity index (χ0n) is 8.87. The maximum Gasteiger partial charge on any atom is 0.127 e. The second kappa shape index (κ2) is 4.99. The molecule has 1 aromatic carbocycles. The third-order valence-electron chi connectivity index (χ3n) is 2.89. The molecule has 0 aliphatic carbocycles. The van der Waals surface area contributed by atoms with Gasteiger partial charge in [-0.1, -0.05) is 25.1 Å². The first-order chi connectivity index (χ1) is 7.27. The molecule has 3 heteroatoms. The molecule has 82 valence electrons. The molecule has 2 rings (SSSR count). The summed E-state index contributed by atoms with van der Waals surface area (Å²) in [6, 6.07) is 7.51. The molecule has 0 bridgehead atoms. The number of hydrogen-bond acceptors (Lipinski definition) is 2. The van der Waals surface area contributed by atoms with E-state index in [0.29, 0.717) is 17.8 Å². The first-order valence-electron chi connectivity index (χ1n) is 5.36. The average Bonchev–Trinajstić information content (AvgIpc) is 2.63. The van der Waals surface area contributed by atoms with Crippen LogP contribution in [0.2, 0.25) is 0 Å². The normalized spacial score (nSPS) is 25.7. The van der Waals surface area contributed by atoms with Crippen LogP contribution in [-0.4, -0.2) is 17.0 Å². The number of halogens is 1. The van der Waals surface area contributed by atoms with E-state index in [9.17, 15) is 4.39 Å². The van der Waals surface area contributed by atoms with Crippen LogP contribution in [0.1, 0.15) is 18.9 Å². The van der Waals surface area contributed by atoms with Crippen molar-refractivity contribution in [3.63, 3.8) is 0 Å². The maximum atomic E-state index is 13.3. The highest BCUT2D eigenvalue weighted by atomic mass is 32.2. The van der Waals surface area contributed by atoms with Crippen molar-refractivity contribution in [3.05, 3.63) is 35.6 Å². The van der Waals surface area contributed by atoms with Crippen molar-refractivity contribution in [3.8, 4) is 0 Å². The molecule has 0 radical (unpaired) electrons. The molecule has 2 atom stereocenters. The molecule has 1 N–H and O–H groups in total. The van der Waals surface area contributed by atoms with Crippen molar-refractivity contribution in [2.45, 2.75) is 31.2 Å². The quantitative estimate of drug-likeness (QED) is 0.849. The van der Waals surface area contributed by atoms with Crippen molar-refractivity contribution < 1.29 is 4.39 Å². The van der Waals surface area contributed by atoms with E-state index >= 15 is 0 Å². The number of thioether (sulfide) groups is 1.